The van der Waals surface area contributed by atoms with Gasteiger partial charge in [0.25, 0.3) is 10.0 Å². The summed E-state index contributed by atoms with van der Waals surface area (Å²) in [7, 11) is -1.86. The van der Waals surface area contributed by atoms with Crippen LogP contribution in [0.5, 0.6) is 5.88 Å². The summed E-state index contributed by atoms with van der Waals surface area (Å²) < 4.78 is 31.7. The molecule has 0 saturated carbocycles. The average Bonchev–Trinajstić information content (AvgIpc) is 3.04. The van der Waals surface area contributed by atoms with Crippen LogP contribution in [-0.2, 0) is 16.6 Å². The first kappa shape index (κ1) is 17.6. The van der Waals surface area contributed by atoms with Crippen LogP contribution >= 0.6 is 11.3 Å². The van der Waals surface area contributed by atoms with E-state index in [1.54, 1.807) is 24.4 Å². The minimum absolute atomic E-state index is 0.351. The fourth-order valence-corrected chi connectivity index (χ4v) is 4.90. The van der Waals surface area contributed by atoms with Gasteiger partial charge in [0, 0.05) is 30.2 Å². The monoisotopic (exact) mass is 356 g/mol. The molecule has 0 radical (unpaired) electrons. The van der Waals surface area contributed by atoms with E-state index in [0.717, 1.165) is 4.88 Å². The van der Waals surface area contributed by atoms with E-state index < -0.39 is 10.0 Å². The van der Waals surface area contributed by atoms with Gasteiger partial charge in [0.2, 0.25) is 11.8 Å². The van der Waals surface area contributed by atoms with Gasteiger partial charge < -0.3 is 10.1 Å². The van der Waals surface area contributed by atoms with E-state index in [1.165, 1.54) is 22.8 Å². The lowest BCUT2D eigenvalue weighted by atomic mass is 10.5. The van der Waals surface area contributed by atoms with E-state index in [1.807, 2.05) is 13.8 Å². The summed E-state index contributed by atoms with van der Waals surface area (Å²) in [6.45, 7) is 5.03. The van der Waals surface area contributed by atoms with Gasteiger partial charge in [-0.3, -0.25) is 0 Å². The Kier molecular flexibility index (Phi) is 5.91. The van der Waals surface area contributed by atoms with Crippen molar-refractivity contribution in [3.05, 3.63) is 29.3 Å². The number of nitrogens with zero attached hydrogens (tertiary/aromatic N) is 3. The average molecular weight is 356 g/mol. The van der Waals surface area contributed by atoms with E-state index in [-0.39, 0.29) is 0 Å². The zero-order valence-corrected chi connectivity index (χ0v) is 14.9. The van der Waals surface area contributed by atoms with Gasteiger partial charge in [-0.2, -0.15) is 9.29 Å². The highest BCUT2D eigenvalue weighted by Gasteiger charge is 2.23. The number of hydrogen-bond acceptors (Lipinski definition) is 7. The van der Waals surface area contributed by atoms with Gasteiger partial charge in [-0.25, -0.2) is 13.4 Å². The molecule has 0 amide bonds. The third-order valence-electron chi connectivity index (χ3n) is 3.20. The van der Waals surface area contributed by atoms with Crippen LogP contribution in [0.2, 0.25) is 0 Å². The fourth-order valence-electron chi connectivity index (χ4n) is 1.99. The molecule has 0 spiro atoms. The smallest absolute Gasteiger partial charge is 0.252 e. The van der Waals surface area contributed by atoms with Crippen LogP contribution in [0.15, 0.2) is 28.6 Å². The van der Waals surface area contributed by atoms with Gasteiger partial charge in [0.05, 0.1) is 13.7 Å². The summed E-state index contributed by atoms with van der Waals surface area (Å²) >= 11 is 1.25. The topological polar surface area (TPSA) is 84.4 Å². The Bertz CT molecular complexity index is 742. The van der Waals surface area contributed by atoms with Crippen LogP contribution in [0.4, 0.5) is 5.95 Å². The molecule has 0 aliphatic heterocycles. The molecule has 2 aromatic rings. The molecule has 0 saturated heterocycles. The predicted octanol–water partition coefficient (Wildman–Crippen LogP) is 2.19. The molecule has 126 valence electrons. The van der Waals surface area contributed by atoms with E-state index in [0.29, 0.717) is 35.7 Å². The SMILES string of the molecule is CCN(CC)S(=O)(=O)c1ccc(CNc2nccc(OC)n2)s1. The second kappa shape index (κ2) is 7.71. The number of sulfonamides is 1. The Hall–Kier alpha value is -1.71. The lowest BCUT2D eigenvalue weighted by Crippen LogP contribution is -2.29. The zero-order valence-electron chi connectivity index (χ0n) is 13.3. The molecule has 7 nitrogen and oxygen atoms in total. The fraction of sp³-hybridized carbons (Fsp3) is 0.429. The molecule has 0 aliphatic carbocycles. The van der Waals surface area contributed by atoms with Crippen molar-refractivity contribution in [2.45, 2.75) is 24.6 Å². The Morgan fingerprint density at radius 2 is 2.00 bits per heavy atom. The Balaban J connectivity index is 2.07. The van der Waals surface area contributed by atoms with Crippen molar-refractivity contribution in [1.29, 1.82) is 0 Å². The quantitative estimate of drug-likeness (QED) is 0.780. The van der Waals surface area contributed by atoms with Crippen LogP contribution in [0, 0.1) is 0 Å². The van der Waals surface area contributed by atoms with Gasteiger partial charge in [-0.15, -0.1) is 11.3 Å². The molecule has 0 unspecified atom stereocenters. The van der Waals surface area contributed by atoms with Crippen molar-refractivity contribution in [2.75, 3.05) is 25.5 Å². The van der Waals surface area contributed by atoms with Crippen molar-refractivity contribution >= 4 is 27.3 Å². The molecule has 1 N–H and O–H groups in total. The molecule has 0 bridgehead atoms. The first-order chi connectivity index (χ1) is 11.0. The summed E-state index contributed by atoms with van der Waals surface area (Å²) in [6.07, 6.45) is 1.60. The van der Waals surface area contributed by atoms with Crippen LogP contribution in [0.25, 0.3) is 0 Å². The number of nitrogens with one attached hydrogen (secondary N) is 1. The first-order valence-corrected chi connectivity index (χ1v) is 9.46. The Morgan fingerprint density at radius 1 is 1.26 bits per heavy atom. The molecule has 2 aromatic heterocycles. The van der Waals surface area contributed by atoms with Crippen LogP contribution in [-0.4, -0.2) is 42.9 Å². The largest absolute Gasteiger partial charge is 0.481 e. The molecule has 0 atom stereocenters. The molecular weight excluding hydrogens is 336 g/mol. The molecule has 2 rings (SSSR count). The number of rotatable bonds is 8. The maximum Gasteiger partial charge on any atom is 0.252 e. The molecule has 0 aliphatic rings. The number of methoxy groups -OCH3 is 1. The number of aromatic nitrogens is 2. The second-order valence-electron chi connectivity index (χ2n) is 4.59. The molecule has 9 heteroatoms. The van der Waals surface area contributed by atoms with Gasteiger partial charge in [-0.05, 0) is 12.1 Å². The maximum atomic E-state index is 12.4. The minimum atomic E-state index is -3.40. The summed E-state index contributed by atoms with van der Waals surface area (Å²) in [4.78, 5) is 9.13. The molecule has 0 aromatic carbocycles. The van der Waals surface area contributed by atoms with Gasteiger partial charge in [0.1, 0.15) is 4.21 Å². The Labute approximate surface area is 140 Å². The van der Waals surface area contributed by atoms with Crippen LogP contribution in [0.3, 0.4) is 0 Å². The van der Waals surface area contributed by atoms with E-state index in [9.17, 15) is 8.42 Å². The lowest BCUT2D eigenvalue weighted by Gasteiger charge is -2.16. The standard InChI is InChI=1S/C14H20N4O3S2/c1-4-18(5-2)23(19,20)13-7-6-11(22-13)10-16-14-15-9-8-12(17-14)21-3/h6-9H,4-5,10H2,1-3H3,(H,15,16,17). The van der Waals surface area contributed by atoms with E-state index in [4.69, 9.17) is 4.74 Å². The first-order valence-electron chi connectivity index (χ1n) is 7.21. The molecule has 23 heavy (non-hydrogen) atoms. The zero-order chi connectivity index (χ0) is 16.9. The number of thiophene rings is 1. The number of hydrogen-bond donors (Lipinski definition) is 1. The van der Waals surface area contributed by atoms with Crippen molar-refractivity contribution in [1.82, 2.24) is 14.3 Å². The lowest BCUT2D eigenvalue weighted by molar-refractivity contribution is 0.397. The molecular formula is C14H20N4O3S2. The Morgan fingerprint density at radius 3 is 2.65 bits per heavy atom. The number of ether oxygens (including phenoxy) is 1. The summed E-state index contributed by atoms with van der Waals surface area (Å²) in [5.41, 5.74) is 0. The summed E-state index contributed by atoms with van der Waals surface area (Å²) in [5, 5.41) is 3.06. The van der Waals surface area contributed by atoms with Gasteiger partial charge in [-0.1, -0.05) is 13.8 Å². The van der Waals surface area contributed by atoms with Crippen molar-refractivity contribution in [3.8, 4) is 5.88 Å². The minimum Gasteiger partial charge on any atom is -0.481 e. The van der Waals surface area contributed by atoms with Crippen LogP contribution in [0.1, 0.15) is 18.7 Å². The van der Waals surface area contributed by atoms with Gasteiger partial charge >= 0.3 is 0 Å². The normalized spacial score (nSPS) is 11.7. The highest BCUT2D eigenvalue weighted by Crippen LogP contribution is 2.25. The molecule has 2 heterocycles. The third-order valence-corrected chi connectivity index (χ3v) is 6.80. The third kappa shape index (κ3) is 4.18. The summed E-state index contributed by atoms with van der Waals surface area (Å²) in [6, 6.07) is 5.10. The van der Waals surface area contributed by atoms with Crippen molar-refractivity contribution in [2.24, 2.45) is 0 Å². The van der Waals surface area contributed by atoms with Crippen molar-refractivity contribution < 1.29 is 13.2 Å². The van der Waals surface area contributed by atoms with E-state index >= 15 is 0 Å². The highest BCUT2D eigenvalue weighted by atomic mass is 32.2. The van der Waals surface area contributed by atoms with Crippen LogP contribution < -0.4 is 10.1 Å². The highest BCUT2D eigenvalue weighted by molar-refractivity contribution is 7.91. The number of anilines is 1. The predicted molar refractivity (Wildman–Crippen MR) is 90.3 cm³/mol. The van der Waals surface area contributed by atoms with Gasteiger partial charge in [0.15, 0.2) is 0 Å². The maximum absolute atomic E-state index is 12.4. The summed E-state index contributed by atoms with van der Waals surface area (Å²) in [5.74, 6) is 0.907. The molecule has 0 fully saturated rings. The van der Waals surface area contributed by atoms with Crippen molar-refractivity contribution in [3.63, 3.8) is 0 Å². The second-order valence-corrected chi connectivity index (χ2v) is 7.92. The van der Waals surface area contributed by atoms with E-state index in [2.05, 4.69) is 15.3 Å².